The smallest absolute Gasteiger partial charge is 0.322 e. The SMILES string of the molecule is CCCCN(CCCC)C(=O)CN1Cc2nnc(C)n2CC1C(=O)O. The zero-order valence-electron chi connectivity index (χ0n) is 15.4. The number of nitrogens with zero attached hydrogens (tertiary/aromatic N) is 5. The summed E-state index contributed by atoms with van der Waals surface area (Å²) in [7, 11) is 0. The van der Waals surface area contributed by atoms with E-state index in [-0.39, 0.29) is 19.0 Å². The van der Waals surface area contributed by atoms with Gasteiger partial charge in [-0.05, 0) is 19.8 Å². The van der Waals surface area contributed by atoms with Crippen molar-refractivity contribution < 1.29 is 14.7 Å². The number of rotatable bonds is 9. The molecule has 8 heteroatoms. The Morgan fingerprint density at radius 3 is 2.40 bits per heavy atom. The maximum absolute atomic E-state index is 12.8. The standard InChI is InChI=1S/C17H29N5O3/c1-4-6-8-20(9-7-5-2)16(23)12-21-11-15-19-18-13(3)22(15)10-14(21)17(24)25/h14H,4-12H2,1-3H3,(H,24,25). The Morgan fingerprint density at radius 2 is 1.84 bits per heavy atom. The fraction of sp³-hybridized carbons (Fsp3) is 0.765. The predicted molar refractivity (Wildman–Crippen MR) is 93.0 cm³/mol. The third-order valence-corrected chi connectivity index (χ3v) is 4.69. The van der Waals surface area contributed by atoms with Gasteiger partial charge in [0.25, 0.3) is 0 Å². The molecule has 25 heavy (non-hydrogen) atoms. The fourth-order valence-electron chi connectivity index (χ4n) is 3.09. The zero-order chi connectivity index (χ0) is 18.4. The van der Waals surface area contributed by atoms with E-state index in [4.69, 9.17) is 0 Å². The van der Waals surface area contributed by atoms with Crippen LogP contribution in [-0.2, 0) is 22.7 Å². The molecule has 8 nitrogen and oxygen atoms in total. The first-order valence-corrected chi connectivity index (χ1v) is 9.11. The Labute approximate surface area is 148 Å². The lowest BCUT2D eigenvalue weighted by molar-refractivity contribution is -0.146. The van der Waals surface area contributed by atoms with Gasteiger partial charge in [0.15, 0.2) is 0 Å². The van der Waals surface area contributed by atoms with E-state index >= 15 is 0 Å². The molecule has 0 radical (unpaired) electrons. The number of aliphatic carboxylic acids is 1. The minimum Gasteiger partial charge on any atom is -0.480 e. The first kappa shape index (κ1) is 19.4. The second-order valence-electron chi connectivity index (χ2n) is 6.62. The van der Waals surface area contributed by atoms with Crippen LogP contribution >= 0.6 is 0 Å². The van der Waals surface area contributed by atoms with E-state index in [9.17, 15) is 14.7 Å². The first-order chi connectivity index (χ1) is 12.0. The number of carbonyl (C=O) groups excluding carboxylic acids is 1. The van der Waals surface area contributed by atoms with Gasteiger partial charge in [-0.1, -0.05) is 26.7 Å². The maximum Gasteiger partial charge on any atom is 0.322 e. The second kappa shape index (κ2) is 8.94. The monoisotopic (exact) mass is 351 g/mol. The predicted octanol–water partition coefficient (Wildman–Crippen LogP) is 1.28. The largest absolute Gasteiger partial charge is 0.480 e. The van der Waals surface area contributed by atoms with Gasteiger partial charge in [0.05, 0.1) is 19.6 Å². The van der Waals surface area contributed by atoms with Gasteiger partial charge in [-0.2, -0.15) is 0 Å². The Hall–Kier alpha value is -1.96. The molecule has 1 aliphatic heterocycles. The van der Waals surface area contributed by atoms with Crippen LogP contribution in [0.1, 0.15) is 51.2 Å². The molecular formula is C17H29N5O3. The van der Waals surface area contributed by atoms with E-state index in [2.05, 4.69) is 24.0 Å². The van der Waals surface area contributed by atoms with Crippen molar-refractivity contribution in [2.75, 3.05) is 19.6 Å². The number of amides is 1. The molecule has 1 unspecified atom stereocenters. The van der Waals surface area contributed by atoms with E-state index < -0.39 is 12.0 Å². The molecule has 0 saturated carbocycles. The van der Waals surface area contributed by atoms with Crippen molar-refractivity contribution in [3.05, 3.63) is 11.6 Å². The van der Waals surface area contributed by atoms with Crippen LogP contribution in [0.15, 0.2) is 0 Å². The molecule has 0 bridgehead atoms. The number of fused-ring (bicyclic) bond motifs is 1. The van der Waals surface area contributed by atoms with Gasteiger partial charge in [0.2, 0.25) is 5.91 Å². The van der Waals surface area contributed by atoms with E-state index in [1.54, 1.807) is 4.90 Å². The van der Waals surface area contributed by atoms with E-state index in [0.717, 1.165) is 44.6 Å². The molecule has 0 aromatic carbocycles. The third-order valence-electron chi connectivity index (χ3n) is 4.69. The summed E-state index contributed by atoms with van der Waals surface area (Å²) in [5, 5.41) is 17.7. The molecule has 1 amide bonds. The molecule has 1 aliphatic rings. The third kappa shape index (κ3) is 4.78. The van der Waals surface area contributed by atoms with Crippen LogP contribution < -0.4 is 0 Å². The van der Waals surface area contributed by atoms with Gasteiger partial charge in [-0.25, -0.2) is 0 Å². The lowest BCUT2D eigenvalue weighted by Crippen LogP contribution is -2.52. The second-order valence-corrected chi connectivity index (χ2v) is 6.62. The summed E-state index contributed by atoms with van der Waals surface area (Å²) in [6, 6.07) is -0.731. The summed E-state index contributed by atoms with van der Waals surface area (Å²) in [6.45, 7) is 8.20. The van der Waals surface area contributed by atoms with Gasteiger partial charge < -0.3 is 14.6 Å². The van der Waals surface area contributed by atoms with Crippen LogP contribution in [0.4, 0.5) is 0 Å². The highest BCUT2D eigenvalue weighted by Gasteiger charge is 2.35. The molecule has 1 aromatic heterocycles. The van der Waals surface area contributed by atoms with Gasteiger partial charge in [0, 0.05) is 13.1 Å². The number of aromatic nitrogens is 3. The molecule has 2 rings (SSSR count). The van der Waals surface area contributed by atoms with Crippen molar-refractivity contribution in [1.29, 1.82) is 0 Å². The Morgan fingerprint density at radius 1 is 1.20 bits per heavy atom. The fourth-order valence-corrected chi connectivity index (χ4v) is 3.09. The number of aryl methyl sites for hydroxylation is 1. The summed E-state index contributed by atoms with van der Waals surface area (Å²) < 4.78 is 1.83. The van der Waals surface area contributed by atoms with Crippen LogP contribution in [0.5, 0.6) is 0 Å². The van der Waals surface area contributed by atoms with Crippen molar-refractivity contribution >= 4 is 11.9 Å². The van der Waals surface area contributed by atoms with E-state index in [1.165, 1.54) is 0 Å². The van der Waals surface area contributed by atoms with E-state index in [1.807, 2.05) is 16.4 Å². The number of unbranched alkanes of at least 4 members (excludes halogenated alkanes) is 2. The molecule has 140 valence electrons. The Bertz CT molecular complexity index is 593. The van der Waals surface area contributed by atoms with Crippen molar-refractivity contribution in [3.63, 3.8) is 0 Å². The first-order valence-electron chi connectivity index (χ1n) is 9.11. The summed E-state index contributed by atoms with van der Waals surface area (Å²) in [6.07, 6.45) is 3.98. The normalized spacial score (nSPS) is 17.3. The lowest BCUT2D eigenvalue weighted by Gasteiger charge is -2.34. The number of carboxylic acids is 1. The summed E-state index contributed by atoms with van der Waals surface area (Å²) in [5.74, 6) is 0.509. The Balaban J connectivity index is 2.09. The van der Waals surface area contributed by atoms with Crippen LogP contribution in [0.2, 0.25) is 0 Å². The average Bonchev–Trinajstić information content (AvgIpc) is 2.94. The summed E-state index contributed by atoms with van der Waals surface area (Å²) >= 11 is 0. The average molecular weight is 351 g/mol. The quantitative estimate of drug-likeness (QED) is 0.721. The molecule has 1 aromatic rings. The molecule has 0 saturated heterocycles. The number of carbonyl (C=O) groups is 2. The molecule has 2 heterocycles. The minimum absolute atomic E-state index is 0.00200. The molecule has 0 spiro atoms. The van der Waals surface area contributed by atoms with Crippen LogP contribution in [0.25, 0.3) is 0 Å². The van der Waals surface area contributed by atoms with Crippen molar-refractivity contribution in [2.24, 2.45) is 0 Å². The van der Waals surface area contributed by atoms with E-state index in [0.29, 0.717) is 12.4 Å². The highest BCUT2D eigenvalue weighted by Crippen LogP contribution is 2.18. The molecule has 0 fully saturated rings. The number of carboxylic acid groups (broad SMARTS) is 1. The molecule has 0 aliphatic carbocycles. The van der Waals surface area contributed by atoms with Gasteiger partial charge in [0.1, 0.15) is 17.7 Å². The van der Waals surface area contributed by atoms with Crippen molar-refractivity contribution in [3.8, 4) is 0 Å². The molecular weight excluding hydrogens is 322 g/mol. The van der Waals surface area contributed by atoms with Crippen molar-refractivity contribution in [1.82, 2.24) is 24.6 Å². The van der Waals surface area contributed by atoms with Gasteiger partial charge >= 0.3 is 5.97 Å². The summed E-state index contributed by atoms with van der Waals surface area (Å²) in [5.41, 5.74) is 0. The molecule has 1 atom stereocenters. The van der Waals surface area contributed by atoms with Gasteiger partial charge in [-0.15, -0.1) is 10.2 Å². The molecule has 1 N–H and O–H groups in total. The highest BCUT2D eigenvalue weighted by molar-refractivity contribution is 5.80. The lowest BCUT2D eigenvalue weighted by atomic mass is 10.1. The number of hydrogen-bond donors (Lipinski definition) is 1. The van der Waals surface area contributed by atoms with Crippen LogP contribution in [0.3, 0.4) is 0 Å². The van der Waals surface area contributed by atoms with Gasteiger partial charge in [-0.3, -0.25) is 14.5 Å². The topological polar surface area (TPSA) is 91.6 Å². The number of hydrogen-bond acceptors (Lipinski definition) is 5. The zero-order valence-corrected chi connectivity index (χ0v) is 15.4. The highest BCUT2D eigenvalue weighted by atomic mass is 16.4. The van der Waals surface area contributed by atoms with Crippen molar-refractivity contribution in [2.45, 2.75) is 65.6 Å². The van der Waals surface area contributed by atoms with Crippen LogP contribution in [-0.4, -0.2) is 67.2 Å². The Kier molecular flexibility index (Phi) is 6.92. The minimum atomic E-state index is -0.916. The summed E-state index contributed by atoms with van der Waals surface area (Å²) in [4.78, 5) is 28.0. The maximum atomic E-state index is 12.8. The van der Waals surface area contributed by atoms with Crippen LogP contribution in [0, 0.1) is 6.92 Å².